The van der Waals surface area contributed by atoms with Gasteiger partial charge in [0.25, 0.3) is 0 Å². The van der Waals surface area contributed by atoms with Gasteiger partial charge < -0.3 is 4.74 Å². The number of benzene rings is 1. The van der Waals surface area contributed by atoms with Gasteiger partial charge in [0.05, 0.1) is 22.1 Å². The summed E-state index contributed by atoms with van der Waals surface area (Å²) < 4.78 is 27.3. The maximum absolute atomic E-state index is 11.7. The van der Waals surface area contributed by atoms with E-state index in [0.717, 1.165) is 18.9 Å². The summed E-state index contributed by atoms with van der Waals surface area (Å²) in [7, 11) is -3.87. The molecule has 0 aliphatic carbocycles. The summed E-state index contributed by atoms with van der Waals surface area (Å²) in [6.45, 7) is 2.23. The molecule has 1 aromatic rings. The topological polar surface area (TPSA) is 86.5 Å². The molecule has 0 atom stereocenters. The molecule has 0 aliphatic rings. The number of carbonyl (C=O) groups is 1. The van der Waals surface area contributed by atoms with Gasteiger partial charge in [-0.3, -0.25) is 0 Å². The van der Waals surface area contributed by atoms with Crippen molar-refractivity contribution in [3.8, 4) is 0 Å². The molecule has 0 saturated carbocycles. The summed E-state index contributed by atoms with van der Waals surface area (Å²) in [6, 6.07) is 3.66. The fourth-order valence-corrected chi connectivity index (χ4v) is 1.96. The summed E-state index contributed by atoms with van der Waals surface area (Å²) in [5.74, 6) is -0.654. The van der Waals surface area contributed by atoms with Crippen molar-refractivity contribution in [2.75, 3.05) is 6.61 Å². The highest BCUT2D eigenvalue weighted by Gasteiger charge is 2.16. The molecule has 0 saturated heterocycles. The monoisotopic (exact) mass is 291 g/mol. The van der Waals surface area contributed by atoms with Gasteiger partial charge >= 0.3 is 5.97 Å². The minimum atomic E-state index is -3.87. The molecule has 0 amide bonds. The summed E-state index contributed by atoms with van der Waals surface area (Å²) in [5, 5.41) is 5.10. The first-order chi connectivity index (χ1) is 8.36. The molecule has 5 nitrogen and oxygen atoms in total. The zero-order valence-corrected chi connectivity index (χ0v) is 11.4. The van der Waals surface area contributed by atoms with Crippen LogP contribution < -0.4 is 5.14 Å². The maximum atomic E-state index is 11.7. The average molecular weight is 292 g/mol. The smallest absolute Gasteiger partial charge is 0.339 e. The number of esters is 1. The molecular formula is C11H14ClNO4S. The van der Waals surface area contributed by atoms with Crippen LogP contribution in [0, 0.1) is 0 Å². The molecule has 7 heteroatoms. The van der Waals surface area contributed by atoms with E-state index in [9.17, 15) is 13.2 Å². The third-order valence-electron chi connectivity index (χ3n) is 2.22. The van der Waals surface area contributed by atoms with Gasteiger partial charge in [0.15, 0.2) is 0 Å². The summed E-state index contributed by atoms with van der Waals surface area (Å²) in [4.78, 5) is 11.5. The van der Waals surface area contributed by atoms with E-state index in [1.807, 2.05) is 6.92 Å². The highest BCUT2D eigenvalue weighted by molar-refractivity contribution is 7.89. The van der Waals surface area contributed by atoms with Gasteiger partial charge in [0, 0.05) is 0 Å². The summed E-state index contributed by atoms with van der Waals surface area (Å²) >= 11 is 5.82. The minimum Gasteiger partial charge on any atom is -0.462 e. The van der Waals surface area contributed by atoms with Gasteiger partial charge in [-0.15, -0.1) is 0 Å². The van der Waals surface area contributed by atoms with Crippen LogP contribution in [0.5, 0.6) is 0 Å². The van der Waals surface area contributed by atoms with Crippen molar-refractivity contribution in [2.24, 2.45) is 5.14 Å². The zero-order chi connectivity index (χ0) is 13.8. The second-order valence-corrected chi connectivity index (χ2v) is 5.64. The van der Waals surface area contributed by atoms with Crippen molar-refractivity contribution in [1.29, 1.82) is 0 Å². The van der Waals surface area contributed by atoms with Crippen molar-refractivity contribution in [2.45, 2.75) is 24.7 Å². The molecule has 0 heterocycles. The number of primary sulfonamides is 1. The van der Waals surface area contributed by atoms with Crippen molar-refractivity contribution in [3.63, 3.8) is 0 Å². The molecule has 1 aromatic carbocycles. The molecule has 0 aromatic heterocycles. The molecule has 1 rings (SSSR count). The lowest BCUT2D eigenvalue weighted by Gasteiger charge is -2.07. The van der Waals surface area contributed by atoms with Gasteiger partial charge in [-0.25, -0.2) is 18.4 Å². The van der Waals surface area contributed by atoms with Crippen LogP contribution in [0.2, 0.25) is 5.02 Å². The standard InChI is InChI=1S/C11H14ClNO4S/c1-2-3-6-17-11(14)9-7-8(18(13,15)16)4-5-10(9)12/h4-5,7H,2-3,6H2,1H3,(H2,13,15,16). The van der Waals surface area contributed by atoms with Gasteiger partial charge in [-0.1, -0.05) is 24.9 Å². The van der Waals surface area contributed by atoms with Crippen LogP contribution in [0.25, 0.3) is 0 Å². The number of nitrogens with two attached hydrogens (primary N) is 1. The Morgan fingerprint density at radius 1 is 1.44 bits per heavy atom. The molecular weight excluding hydrogens is 278 g/mol. The second kappa shape index (κ2) is 6.17. The molecule has 0 radical (unpaired) electrons. The molecule has 18 heavy (non-hydrogen) atoms. The molecule has 0 unspecified atom stereocenters. The van der Waals surface area contributed by atoms with E-state index < -0.39 is 16.0 Å². The van der Waals surface area contributed by atoms with Crippen LogP contribution in [0.4, 0.5) is 0 Å². The molecule has 100 valence electrons. The Balaban J connectivity index is 2.97. The fraction of sp³-hybridized carbons (Fsp3) is 0.364. The van der Waals surface area contributed by atoms with Crippen molar-refractivity contribution < 1.29 is 17.9 Å². The number of ether oxygens (including phenoxy) is 1. The highest BCUT2D eigenvalue weighted by atomic mass is 35.5. The normalized spacial score (nSPS) is 11.3. The van der Waals surface area contributed by atoms with Crippen molar-refractivity contribution in [3.05, 3.63) is 28.8 Å². The lowest BCUT2D eigenvalue weighted by atomic mass is 10.2. The number of hydrogen-bond donors (Lipinski definition) is 1. The first kappa shape index (κ1) is 14.9. The Labute approximate surface area is 111 Å². The lowest BCUT2D eigenvalue weighted by Crippen LogP contribution is -2.14. The number of unbranched alkanes of at least 4 members (excludes halogenated alkanes) is 1. The zero-order valence-electron chi connectivity index (χ0n) is 9.85. The predicted octanol–water partition coefficient (Wildman–Crippen LogP) is 1.94. The third kappa shape index (κ3) is 3.97. The molecule has 0 spiro atoms. The molecule has 0 fully saturated rings. The average Bonchev–Trinajstić information content (AvgIpc) is 2.28. The van der Waals surface area contributed by atoms with Crippen LogP contribution in [0.15, 0.2) is 23.1 Å². The highest BCUT2D eigenvalue weighted by Crippen LogP contribution is 2.20. The number of rotatable bonds is 5. The van der Waals surface area contributed by atoms with E-state index in [4.69, 9.17) is 21.5 Å². The summed E-state index contributed by atoms with van der Waals surface area (Å²) in [6.07, 6.45) is 1.62. The van der Waals surface area contributed by atoms with Gasteiger partial charge in [0.2, 0.25) is 10.0 Å². The Kier molecular flexibility index (Phi) is 5.13. The maximum Gasteiger partial charge on any atom is 0.339 e. The van der Waals surface area contributed by atoms with E-state index >= 15 is 0 Å². The summed E-state index contributed by atoms with van der Waals surface area (Å²) in [5.41, 5.74) is -0.000653. The Morgan fingerprint density at radius 3 is 2.67 bits per heavy atom. The fourth-order valence-electron chi connectivity index (χ4n) is 1.22. The number of sulfonamides is 1. The van der Waals surface area contributed by atoms with Crippen molar-refractivity contribution >= 4 is 27.6 Å². The van der Waals surface area contributed by atoms with Crippen LogP contribution in [0.1, 0.15) is 30.1 Å². The molecule has 0 bridgehead atoms. The lowest BCUT2D eigenvalue weighted by molar-refractivity contribution is 0.0499. The third-order valence-corrected chi connectivity index (χ3v) is 3.46. The van der Waals surface area contributed by atoms with Crippen LogP contribution in [0.3, 0.4) is 0 Å². The van der Waals surface area contributed by atoms with Gasteiger partial charge in [0.1, 0.15) is 0 Å². The van der Waals surface area contributed by atoms with E-state index in [1.54, 1.807) is 0 Å². The first-order valence-corrected chi connectivity index (χ1v) is 7.28. The van der Waals surface area contributed by atoms with Gasteiger partial charge in [-0.05, 0) is 24.6 Å². The van der Waals surface area contributed by atoms with Gasteiger partial charge in [-0.2, -0.15) is 0 Å². The molecule has 2 N–H and O–H groups in total. The predicted molar refractivity (Wildman–Crippen MR) is 68.0 cm³/mol. The first-order valence-electron chi connectivity index (χ1n) is 5.35. The number of carbonyl (C=O) groups excluding carboxylic acids is 1. The Hall–Kier alpha value is -1.11. The van der Waals surface area contributed by atoms with Crippen molar-refractivity contribution in [1.82, 2.24) is 0 Å². The Morgan fingerprint density at radius 2 is 2.11 bits per heavy atom. The van der Waals surface area contributed by atoms with E-state index in [2.05, 4.69) is 0 Å². The SMILES string of the molecule is CCCCOC(=O)c1cc(S(N)(=O)=O)ccc1Cl. The second-order valence-electron chi connectivity index (χ2n) is 3.68. The minimum absolute atomic E-state index is 0.000653. The van der Waals surface area contributed by atoms with E-state index in [-0.39, 0.29) is 22.1 Å². The Bertz CT molecular complexity index is 542. The quantitative estimate of drug-likeness (QED) is 0.663. The van der Waals surface area contributed by atoms with E-state index in [1.165, 1.54) is 12.1 Å². The largest absolute Gasteiger partial charge is 0.462 e. The van der Waals surface area contributed by atoms with Crippen LogP contribution in [-0.2, 0) is 14.8 Å². The van der Waals surface area contributed by atoms with Crippen LogP contribution in [-0.4, -0.2) is 21.0 Å². The van der Waals surface area contributed by atoms with Crippen LogP contribution >= 0.6 is 11.6 Å². The van der Waals surface area contributed by atoms with E-state index in [0.29, 0.717) is 0 Å². The number of halogens is 1. The molecule has 0 aliphatic heterocycles. The number of hydrogen-bond acceptors (Lipinski definition) is 4.